The van der Waals surface area contributed by atoms with E-state index in [9.17, 15) is 27.1 Å². The molecule has 2 bridgehead atoms. The highest BCUT2D eigenvalue weighted by Gasteiger charge is 2.53. The molecule has 5 rings (SSSR count). The molecule has 2 aliphatic rings. The molecule has 5 nitrogen and oxygen atoms in total. The van der Waals surface area contributed by atoms with Gasteiger partial charge in [-0.15, -0.1) is 0 Å². The zero-order valence-corrected chi connectivity index (χ0v) is 22.3. The first-order valence-electron chi connectivity index (χ1n) is 12.6. The van der Waals surface area contributed by atoms with E-state index in [1.54, 1.807) is 6.92 Å². The van der Waals surface area contributed by atoms with Crippen molar-refractivity contribution in [1.29, 1.82) is 0 Å². The van der Waals surface area contributed by atoms with E-state index in [0.29, 0.717) is 24.8 Å². The van der Waals surface area contributed by atoms with E-state index < -0.39 is 38.2 Å². The maximum atomic E-state index is 13.8. The van der Waals surface area contributed by atoms with Crippen LogP contribution in [0.25, 0.3) is 0 Å². The number of aliphatic hydroxyl groups is 1. The number of sulfone groups is 1. The molecule has 3 aromatic rings. The first-order chi connectivity index (χ1) is 18.0. The minimum atomic E-state index is -3.93. The molecule has 38 heavy (non-hydrogen) atoms. The standard InChI is InChI=1S/C29H28ClF2NO4S/c1-29(35)19-7-8-20(29)14-22(13-19)38(36,37)27-16-23(28(34)33-21-9-10-25(31)26(32)15-21)18(12-24(27)30)11-17-5-3-2-4-6-17/h2-6,9-10,12,15-16,19-20,22,35H,7-8,11,13-14H2,1H3,(H,33,34)/t19-,20?,22?,29?/m1/s1. The summed E-state index contributed by atoms with van der Waals surface area (Å²) in [6.45, 7) is 1.78. The number of carbonyl (C=O) groups excluding carboxylic acids is 1. The van der Waals surface area contributed by atoms with Crippen LogP contribution in [0.1, 0.15) is 54.1 Å². The van der Waals surface area contributed by atoms with Crippen LogP contribution in [0.5, 0.6) is 0 Å². The van der Waals surface area contributed by atoms with E-state index >= 15 is 0 Å². The maximum Gasteiger partial charge on any atom is 0.255 e. The van der Waals surface area contributed by atoms with E-state index in [-0.39, 0.29) is 33.0 Å². The summed E-state index contributed by atoms with van der Waals surface area (Å²) in [4.78, 5) is 13.2. The highest BCUT2D eigenvalue weighted by atomic mass is 35.5. The zero-order valence-electron chi connectivity index (χ0n) is 20.8. The lowest BCUT2D eigenvalue weighted by Crippen LogP contribution is -2.45. The molecule has 0 spiro atoms. The van der Waals surface area contributed by atoms with Gasteiger partial charge in [0.25, 0.3) is 5.91 Å². The van der Waals surface area contributed by atoms with E-state index in [0.717, 1.165) is 30.5 Å². The molecule has 2 N–H and O–H groups in total. The molecule has 3 aromatic carbocycles. The van der Waals surface area contributed by atoms with Crippen molar-refractivity contribution in [3.8, 4) is 0 Å². The number of rotatable bonds is 6. The molecule has 1 amide bonds. The average Bonchev–Trinajstić information content (AvgIpc) is 3.02. The highest BCUT2D eigenvalue weighted by molar-refractivity contribution is 7.92. The predicted octanol–water partition coefficient (Wildman–Crippen LogP) is 6.17. The molecule has 2 fully saturated rings. The van der Waals surface area contributed by atoms with E-state index in [1.807, 2.05) is 30.3 Å². The number of anilines is 1. The topological polar surface area (TPSA) is 83.5 Å². The third-order valence-electron chi connectivity index (χ3n) is 8.17. The van der Waals surface area contributed by atoms with Gasteiger partial charge in [0.1, 0.15) is 0 Å². The summed E-state index contributed by atoms with van der Waals surface area (Å²) in [5.41, 5.74) is 0.599. The van der Waals surface area contributed by atoms with Crippen LogP contribution in [0.2, 0.25) is 5.02 Å². The van der Waals surface area contributed by atoms with Gasteiger partial charge in [0.15, 0.2) is 21.5 Å². The fourth-order valence-corrected chi connectivity index (χ4v) is 8.41. The summed E-state index contributed by atoms with van der Waals surface area (Å²) >= 11 is 6.57. The number of hydrogen-bond donors (Lipinski definition) is 2. The van der Waals surface area contributed by atoms with Crippen LogP contribution < -0.4 is 5.32 Å². The minimum Gasteiger partial charge on any atom is -0.390 e. The molecule has 3 unspecified atom stereocenters. The van der Waals surface area contributed by atoms with Crippen LogP contribution in [0.15, 0.2) is 65.6 Å². The molecule has 200 valence electrons. The van der Waals surface area contributed by atoms with E-state index in [2.05, 4.69) is 5.32 Å². The van der Waals surface area contributed by atoms with Gasteiger partial charge < -0.3 is 10.4 Å². The third-order valence-corrected chi connectivity index (χ3v) is 10.8. The average molecular weight is 560 g/mol. The SMILES string of the molecule is CC1(O)C2CC[C@@H]1CC(S(=O)(=O)c1cc(C(=O)Nc3ccc(F)c(F)c3)c(Cc3ccccc3)cc1Cl)C2. The second-order valence-corrected chi connectivity index (χ2v) is 13.1. The quantitative estimate of drug-likeness (QED) is 0.378. The minimum absolute atomic E-state index is 0.0185. The van der Waals surface area contributed by atoms with Crippen LogP contribution in [0, 0.1) is 23.5 Å². The molecular formula is C29H28ClF2NO4S. The van der Waals surface area contributed by atoms with Gasteiger partial charge in [-0.1, -0.05) is 41.9 Å². The van der Waals surface area contributed by atoms with Gasteiger partial charge >= 0.3 is 0 Å². The van der Waals surface area contributed by atoms with Gasteiger partial charge in [0, 0.05) is 17.3 Å². The predicted molar refractivity (Wildman–Crippen MR) is 142 cm³/mol. The molecule has 2 aliphatic carbocycles. The number of halogens is 3. The van der Waals surface area contributed by atoms with E-state index in [4.69, 9.17) is 11.6 Å². The van der Waals surface area contributed by atoms with Crippen LogP contribution in [0.4, 0.5) is 14.5 Å². The normalized spacial score (nSPS) is 24.8. The third kappa shape index (κ3) is 4.97. The summed E-state index contributed by atoms with van der Waals surface area (Å²) in [5.74, 6) is -3.06. The van der Waals surface area contributed by atoms with Gasteiger partial charge in [-0.2, -0.15) is 0 Å². The Morgan fingerprint density at radius 1 is 1.03 bits per heavy atom. The number of fused-ring (bicyclic) bond motifs is 2. The van der Waals surface area contributed by atoms with Crippen molar-refractivity contribution >= 4 is 33.0 Å². The zero-order chi connectivity index (χ0) is 27.2. The maximum absolute atomic E-state index is 13.8. The summed E-state index contributed by atoms with van der Waals surface area (Å²) in [6.07, 6.45) is 2.50. The first-order valence-corrected chi connectivity index (χ1v) is 14.5. The number of amides is 1. The molecular weight excluding hydrogens is 532 g/mol. The lowest BCUT2D eigenvalue weighted by Gasteiger charge is -2.40. The summed E-state index contributed by atoms with van der Waals surface area (Å²) < 4.78 is 54.8. The van der Waals surface area contributed by atoms with Crippen molar-refractivity contribution in [2.24, 2.45) is 11.8 Å². The van der Waals surface area contributed by atoms with Crippen LogP contribution in [-0.4, -0.2) is 30.3 Å². The number of carbonyl (C=O) groups is 1. The second kappa shape index (κ2) is 10.1. The second-order valence-electron chi connectivity index (χ2n) is 10.5. The smallest absolute Gasteiger partial charge is 0.255 e. The molecule has 4 atom stereocenters. The largest absolute Gasteiger partial charge is 0.390 e. The van der Waals surface area contributed by atoms with E-state index in [1.165, 1.54) is 18.2 Å². The van der Waals surface area contributed by atoms with Crippen molar-refractivity contribution in [3.05, 3.63) is 94.0 Å². The highest BCUT2D eigenvalue weighted by Crippen LogP contribution is 2.52. The molecule has 2 saturated carbocycles. The Morgan fingerprint density at radius 2 is 1.68 bits per heavy atom. The lowest BCUT2D eigenvalue weighted by atomic mass is 9.76. The molecule has 0 saturated heterocycles. The van der Waals surface area contributed by atoms with Crippen LogP contribution in [-0.2, 0) is 16.3 Å². The molecule has 0 aromatic heterocycles. The van der Waals surface area contributed by atoms with Crippen molar-refractivity contribution in [2.75, 3.05) is 5.32 Å². The van der Waals surface area contributed by atoms with Gasteiger partial charge in [-0.3, -0.25) is 4.79 Å². The summed E-state index contributed by atoms with van der Waals surface area (Å²) in [5, 5.41) is 12.7. The Labute approximate surface area is 225 Å². The fraction of sp³-hybridized carbons (Fsp3) is 0.345. The Hall–Kier alpha value is -2.81. The molecule has 9 heteroatoms. The van der Waals surface area contributed by atoms with Crippen molar-refractivity contribution < 1.29 is 27.1 Å². The molecule has 0 heterocycles. The van der Waals surface area contributed by atoms with Crippen molar-refractivity contribution in [3.63, 3.8) is 0 Å². The Balaban J connectivity index is 1.53. The van der Waals surface area contributed by atoms with Gasteiger partial charge in [-0.05, 0) is 86.3 Å². The van der Waals surface area contributed by atoms with Crippen molar-refractivity contribution in [2.45, 2.75) is 54.8 Å². The number of nitrogens with one attached hydrogen (secondary N) is 1. The Bertz CT molecular complexity index is 1480. The fourth-order valence-electron chi connectivity index (χ4n) is 5.96. The van der Waals surface area contributed by atoms with Crippen molar-refractivity contribution in [1.82, 2.24) is 0 Å². The van der Waals surface area contributed by atoms with Crippen LogP contribution >= 0.6 is 11.6 Å². The monoisotopic (exact) mass is 559 g/mol. The van der Waals surface area contributed by atoms with Crippen LogP contribution in [0.3, 0.4) is 0 Å². The first kappa shape index (κ1) is 26.8. The lowest BCUT2D eigenvalue weighted by molar-refractivity contribution is -0.0413. The molecule has 0 radical (unpaired) electrons. The number of hydrogen-bond acceptors (Lipinski definition) is 4. The summed E-state index contributed by atoms with van der Waals surface area (Å²) in [7, 11) is -3.93. The van der Waals surface area contributed by atoms with Gasteiger partial charge in [0.2, 0.25) is 0 Å². The number of benzene rings is 3. The Morgan fingerprint density at radius 3 is 2.32 bits per heavy atom. The van der Waals surface area contributed by atoms with Gasteiger partial charge in [0.05, 0.1) is 20.8 Å². The summed E-state index contributed by atoms with van der Waals surface area (Å²) in [6, 6.07) is 15.1. The van der Waals surface area contributed by atoms with Gasteiger partial charge in [-0.25, -0.2) is 17.2 Å². The Kier molecular flexibility index (Phi) is 7.09. The molecule has 0 aliphatic heterocycles.